The highest BCUT2D eigenvalue weighted by atomic mass is 35.5. The molecule has 0 atom stereocenters. The molecule has 2 aliphatic heterocycles. The average molecular weight is 547 g/mol. The molecular formula is C29H31ClN6O3. The Morgan fingerprint density at radius 2 is 1.69 bits per heavy atom. The minimum absolute atomic E-state index is 0.522. The quantitative estimate of drug-likeness (QED) is 0.356. The third-order valence-electron chi connectivity index (χ3n) is 7.21. The van der Waals surface area contributed by atoms with E-state index >= 15 is 0 Å². The van der Waals surface area contributed by atoms with Gasteiger partial charge in [0.1, 0.15) is 5.75 Å². The first-order chi connectivity index (χ1) is 19.1. The monoisotopic (exact) mass is 546 g/mol. The van der Waals surface area contributed by atoms with Gasteiger partial charge in [0.25, 0.3) is 0 Å². The van der Waals surface area contributed by atoms with Gasteiger partial charge in [-0.25, -0.2) is 9.97 Å². The van der Waals surface area contributed by atoms with Gasteiger partial charge in [-0.1, -0.05) is 17.7 Å². The van der Waals surface area contributed by atoms with E-state index in [0.29, 0.717) is 37.2 Å². The molecule has 1 N–H and O–H groups in total. The van der Waals surface area contributed by atoms with Gasteiger partial charge in [-0.15, -0.1) is 0 Å². The lowest BCUT2D eigenvalue weighted by molar-refractivity contribution is 0.122. The molecular weight excluding hydrogens is 516 g/mol. The first-order valence-electron chi connectivity index (χ1n) is 13.1. The summed E-state index contributed by atoms with van der Waals surface area (Å²) in [4.78, 5) is 19.1. The molecule has 1 aromatic carbocycles. The highest BCUT2D eigenvalue weighted by molar-refractivity contribution is 6.33. The molecule has 10 heteroatoms. The lowest BCUT2D eigenvalue weighted by Crippen LogP contribution is -2.38. The van der Waals surface area contributed by atoms with Gasteiger partial charge < -0.3 is 29.3 Å². The first kappa shape index (κ1) is 25.6. The summed E-state index contributed by atoms with van der Waals surface area (Å²) in [7, 11) is 1.61. The Labute approximate surface area is 232 Å². The number of nitrogens with one attached hydrogen (secondary N) is 1. The standard InChI is InChI=1S/C29H31ClN6O3/c1-19-27(21-16-22(30)26(37-2)17-24(21)33-28(19)23-5-3-4-6-31-23)34-25-15-20(35-7-11-38-12-8-35)18-32-29(25)36-9-13-39-14-10-36/h3-6,15-18H,7-14H2,1-2H3,(H,33,34). The van der Waals surface area contributed by atoms with Crippen LogP contribution in [0.3, 0.4) is 0 Å². The summed E-state index contributed by atoms with van der Waals surface area (Å²) < 4.78 is 16.7. The molecule has 9 nitrogen and oxygen atoms in total. The molecule has 2 saturated heterocycles. The number of ether oxygens (including phenoxy) is 3. The van der Waals surface area contributed by atoms with Crippen molar-refractivity contribution in [3.8, 4) is 17.1 Å². The van der Waals surface area contributed by atoms with Crippen molar-refractivity contribution in [1.29, 1.82) is 0 Å². The van der Waals surface area contributed by atoms with E-state index in [4.69, 9.17) is 35.8 Å². The van der Waals surface area contributed by atoms with Crippen LogP contribution in [0.15, 0.2) is 48.8 Å². The van der Waals surface area contributed by atoms with Crippen molar-refractivity contribution in [2.45, 2.75) is 6.92 Å². The largest absolute Gasteiger partial charge is 0.495 e. The SMILES string of the molecule is COc1cc2nc(-c3ccccn3)c(C)c(Nc3cc(N4CCOCC4)cnc3N3CCOCC3)c2cc1Cl. The number of nitrogens with zero attached hydrogens (tertiary/aromatic N) is 5. The van der Waals surface area contributed by atoms with Crippen molar-refractivity contribution in [3.05, 3.63) is 59.4 Å². The minimum Gasteiger partial charge on any atom is -0.495 e. The number of methoxy groups -OCH3 is 1. The lowest BCUT2D eigenvalue weighted by Gasteiger charge is -2.32. The van der Waals surface area contributed by atoms with Crippen LogP contribution in [0.1, 0.15) is 5.56 Å². The second kappa shape index (κ2) is 11.2. The number of hydrogen-bond acceptors (Lipinski definition) is 9. The van der Waals surface area contributed by atoms with Crippen molar-refractivity contribution in [2.24, 2.45) is 0 Å². The molecule has 0 radical (unpaired) electrons. The van der Waals surface area contributed by atoms with E-state index in [1.807, 2.05) is 36.5 Å². The van der Waals surface area contributed by atoms with Gasteiger partial charge in [0.15, 0.2) is 5.82 Å². The van der Waals surface area contributed by atoms with Crippen molar-refractivity contribution < 1.29 is 14.2 Å². The van der Waals surface area contributed by atoms with E-state index in [1.165, 1.54) is 0 Å². The highest BCUT2D eigenvalue weighted by Gasteiger charge is 2.22. The molecule has 2 aliphatic rings. The predicted molar refractivity (Wildman–Crippen MR) is 155 cm³/mol. The second-order valence-corrected chi connectivity index (χ2v) is 9.98. The zero-order valence-corrected chi connectivity index (χ0v) is 22.9. The Hall–Kier alpha value is -3.66. The number of morpholine rings is 2. The van der Waals surface area contributed by atoms with Gasteiger partial charge in [-0.3, -0.25) is 4.98 Å². The fourth-order valence-corrected chi connectivity index (χ4v) is 5.37. The predicted octanol–water partition coefficient (Wildman–Crippen LogP) is 5.08. The second-order valence-electron chi connectivity index (χ2n) is 9.57. The van der Waals surface area contributed by atoms with Crippen LogP contribution < -0.4 is 19.9 Å². The number of anilines is 4. The van der Waals surface area contributed by atoms with Crippen LogP contribution >= 0.6 is 11.6 Å². The fraction of sp³-hybridized carbons (Fsp3) is 0.345. The van der Waals surface area contributed by atoms with Gasteiger partial charge in [0.2, 0.25) is 0 Å². The Kier molecular flexibility index (Phi) is 7.36. The molecule has 202 valence electrons. The number of benzene rings is 1. The Bertz CT molecular complexity index is 1470. The molecule has 3 aromatic heterocycles. The van der Waals surface area contributed by atoms with Crippen LogP contribution in [-0.4, -0.2) is 74.7 Å². The molecule has 0 aliphatic carbocycles. The number of halogens is 1. The van der Waals surface area contributed by atoms with Crippen molar-refractivity contribution in [3.63, 3.8) is 0 Å². The molecule has 39 heavy (non-hydrogen) atoms. The van der Waals surface area contributed by atoms with E-state index in [0.717, 1.165) is 76.9 Å². The van der Waals surface area contributed by atoms with E-state index in [9.17, 15) is 0 Å². The van der Waals surface area contributed by atoms with Crippen LogP contribution in [0.2, 0.25) is 5.02 Å². The van der Waals surface area contributed by atoms with Gasteiger partial charge in [-0.2, -0.15) is 0 Å². The molecule has 0 amide bonds. The third-order valence-corrected chi connectivity index (χ3v) is 7.50. The summed E-state index contributed by atoms with van der Waals surface area (Å²) >= 11 is 6.62. The van der Waals surface area contributed by atoms with Crippen LogP contribution in [0, 0.1) is 6.92 Å². The molecule has 6 rings (SSSR count). The van der Waals surface area contributed by atoms with E-state index in [-0.39, 0.29) is 0 Å². The summed E-state index contributed by atoms with van der Waals surface area (Å²) in [6.07, 6.45) is 3.74. The molecule has 5 heterocycles. The summed E-state index contributed by atoms with van der Waals surface area (Å²) in [6, 6.07) is 11.8. The van der Waals surface area contributed by atoms with Gasteiger partial charge in [0.05, 0.1) is 78.7 Å². The minimum atomic E-state index is 0.522. The van der Waals surface area contributed by atoms with Crippen molar-refractivity contribution in [1.82, 2.24) is 15.0 Å². The van der Waals surface area contributed by atoms with E-state index < -0.39 is 0 Å². The van der Waals surface area contributed by atoms with Gasteiger partial charge in [0, 0.05) is 49.4 Å². The van der Waals surface area contributed by atoms with Gasteiger partial charge in [-0.05, 0) is 31.2 Å². The molecule has 0 spiro atoms. The van der Waals surface area contributed by atoms with E-state index in [2.05, 4.69) is 33.1 Å². The molecule has 0 saturated carbocycles. The Morgan fingerprint density at radius 1 is 0.949 bits per heavy atom. The van der Waals surface area contributed by atoms with Crippen LogP contribution in [0.4, 0.5) is 22.9 Å². The summed E-state index contributed by atoms with van der Waals surface area (Å²) in [6.45, 7) is 8.01. The lowest BCUT2D eigenvalue weighted by atomic mass is 10.0. The van der Waals surface area contributed by atoms with Crippen LogP contribution in [-0.2, 0) is 9.47 Å². The number of fused-ring (bicyclic) bond motifs is 1. The summed E-state index contributed by atoms with van der Waals surface area (Å²) in [5, 5.41) is 5.18. The third kappa shape index (κ3) is 5.17. The number of rotatable bonds is 6. The average Bonchev–Trinajstić information content (AvgIpc) is 2.99. The molecule has 0 unspecified atom stereocenters. The Morgan fingerprint density at radius 3 is 2.38 bits per heavy atom. The smallest absolute Gasteiger partial charge is 0.152 e. The number of aromatic nitrogens is 3. The topological polar surface area (TPSA) is 84.9 Å². The maximum Gasteiger partial charge on any atom is 0.152 e. The fourth-order valence-electron chi connectivity index (χ4n) is 5.12. The Balaban J connectivity index is 1.52. The van der Waals surface area contributed by atoms with Gasteiger partial charge >= 0.3 is 0 Å². The highest BCUT2D eigenvalue weighted by Crippen LogP contribution is 2.41. The maximum atomic E-state index is 6.62. The summed E-state index contributed by atoms with van der Waals surface area (Å²) in [5.41, 5.74) is 6.18. The van der Waals surface area contributed by atoms with E-state index in [1.54, 1.807) is 13.3 Å². The molecule has 4 aromatic rings. The first-order valence-corrected chi connectivity index (χ1v) is 13.5. The molecule has 2 fully saturated rings. The zero-order chi connectivity index (χ0) is 26.8. The summed E-state index contributed by atoms with van der Waals surface area (Å²) in [5.74, 6) is 1.46. The van der Waals surface area contributed by atoms with Crippen molar-refractivity contribution >= 4 is 45.4 Å². The van der Waals surface area contributed by atoms with Crippen LogP contribution in [0.5, 0.6) is 5.75 Å². The zero-order valence-electron chi connectivity index (χ0n) is 22.1. The molecule has 0 bridgehead atoms. The normalized spacial score (nSPS) is 16.0. The maximum absolute atomic E-state index is 6.62. The number of hydrogen-bond donors (Lipinski definition) is 1. The van der Waals surface area contributed by atoms with Crippen molar-refractivity contribution in [2.75, 3.05) is 74.8 Å². The number of pyridine rings is 3. The van der Waals surface area contributed by atoms with Crippen LogP contribution in [0.25, 0.3) is 22.3 Å².